The van der Waals surface area contributed by atoms with Crippen LogP contribution in [0.15, 0.2) is 58.5 Å². The van der Waals surface area contributed by atoms with Crippen LogP contribution in [-0.2, 0) is 11.2 Å². The Bertz CT molecular complexity index is 1030. The van der Waals surface area contributed by atoms with E-state index in [0.29, 0.717) is 16.1 Å². The van der Waals surface area contributed by atoms with Crippen LogP contribution in [0.3, 0.4) is 0 Å². The van der Waals surface area contributed by atoms with Gasteiger partial charge < -0.3 is 5.32 Å². The van der Waals surface area contributed by atoms with Crippen molar-refractivity contribution in [2.75, 3.05) is 11.1 Å². The van der Waals surface area contributed by atoms with Crippen LogP contribution in [-0.4, -0.2) is 21.2 Å². The van der Waals surface area contributed by atoms with Gasteiger partial charge in [-0.3, -0.25) is 14.2 Å². The summed E-state index contributed by atoms with van der Waals surface area (Å²) in [5.41, 5.74) is 2.60. The van der Waals surface area contributed by atoms with Crippen LogP contribution in [0.5, 0.6) is 0 Å². The second-order valence-electron chi connectivity index (χ2n) is 6.73. The number of amides is 1. The van der Waals surface area contributed by atoms with Crippen molar-refractivity contribution in [3.63, 3.8) is 0 Å². The molecule has 0 unspecified atom stereocenters. The van der Waals surface area contributed by atoms with E-state index in [9.17, 15) is 9.59 Å². The highest BCUT2D eigenvalue weighted by Crippen LogP contribution is 2.22. The van der Waals surface area contributed by atoms with Crippen LogP contribution in [0.2, 0.25) is 0 Å². The molecule has 1 heterocycles. The number of para-hydroxylation sites is 1. The molecule has 1 atom stereocenters. The van der Waals surface area contributed by atoms with Gasteiger partial charge in [0.25, 0.3) is 5.56 Å². The number of fused-ring (bicyclic) bond motifs is 1. The van der Waals surface area contributed by atoms with E-state index < -0.39 is 0 Å². The van der Waals surface area contributed by atoms with Gasteiger partial charge in [0.2, 0.25) is 5.91 Å². The first kappa shape index (κ1) is 20.1. The summed E-state index contributed by atoms with van der Waals surface area (Å²) in [6.07, 6.45) is 1.77. The molecule has 6 heteroatoms. The third-order valence-electron chi connectivity index (χ3n) is 4.79. The SMILES string of the molecule is CCc1ccc(NC(=O)CSc2nc3ccccc3c(=O)n2[C@H](C)CC)cc1. The second kappa shape index (κ2) is 9.06. The Labute approximate surface area is 169 Å². The normalized spacial score (nSPS) is 12.1. The summed E-state index contributed by atoms with van der Waals surface area (Å²) in [5, 5.41) is 4.09. The van der Waals surface area contributed by atoms with Crippen molar-refractivity contribution >= 4 is 34.3 Å². The van der Waals surface area contributed by atoms with Crippen LogP contribution in [0.1, 0.15) is 38.8 Å². The Balaban J connectivity index is 1.80. The average Bonchev–Trinajstić information content (AvgIpc) is 2.72. The third kappa shape index (κ3) is 4.44. The Morgan fingerprint density at radius 1 is 1.14 bits per heavy atom. The first-order valence-electron chi connectivity index (χ1n) is 9.56. The van der Waals surface area contributed by atoms with Crippen molar-refractivity contribution in [1.82, 2.24) is 9.55 Å². The lowest BCUT2D eigenvalue weighted by Gasteiger charge is -2.18. The molecular formula is C22H25N3O2S. The first-order valence-corrected chi connectivity index (χ1v) is 10.5. The van der Waals surface area contributed by atoms with Crippen LogP contribution in [0, 0.1) is 0 Å². The maximum absolute atomic E-state index is 13.0. The van der Waals surface area contributed by atoms with Crippen molar-refractivity contribution in [3.05, 3.63) is 64.4 Å². The molecule has 0 bridgehead atoms. The van der Waals surface area contributed by atoms with Gasteiger partial charge in [0.05, 0.1) is 16.7 Å². The van der Waals surface area contributed by atoms with Gasteiger partial charge in [0.1, 0.15) is 0 Å². The van der Waals surface area contributed by atoms with Crippen molar-refractivity contribution in [2.45, 2.75) is 44.8 Å². The minimum atomic E-state index is -0.118. The highest BCUT2D eigenvalue weighted by Gasteiger charge is 2.16. The van der Waals surface area contributed by atoms with E-state index in [1.165, 1.54) is 17.3 Å². The number of nitrogens with zero attached hydrogens (tertiary/aromatic N) is 2. The molecule has 3 rings (SSSR count). The maximum atomic E-state index is 13.0. The monoisotopic (exact) mass is 395 g/mol. The number of thioether (sulfide) groups is 1. The highest BCUT2D eigenvalue weighted by atomic mass is 32.2. The van der Waals surface area contributed by atoms with E-state index in [0.717, 1.165) is 18.5 Å². The van der Waals surface area contributed by atoms with E-state index in [2.05, 4.69) is 17.2 Å². The predicted octanol–water partition coefficient (Wildman–Crippen LogP) is 4.66. The summed E-state index contributed by atoms with van der Waals surface area (Å²) in [6, 6.07) is 15.2. The van der Waals surface area contributed by atoms with Crippen LogP contribution < -0.4 is 10.9 Å². The fourth-order valence-electron chi connectivity index (χ4n) is 2.95. The Hall–Kier alpha value is -2.60. The number of aromatic nitrogens is 2. The first-order chi connectivity index (χ1) is 13.5. The zero-order valence-electron chi connectivity index (χ0n) is 16.4. The fourth-order valence-corrected chi connectivity index (χ4v) is 3.85. The average molecular weight is 396 g/mol. The van der Waals surface area contributed by atoms with Crippen molar-refractivity contribution in [2.24, 2.45) is 0 Å². The standard InChI is InChI=1S/C22H25N3O2S/c1-4-15(3)25-21(27)18-8-6-7-9-19(18)24-22(25)28-14-20(26)23-17-12-10-16(5-2)11-13-17/h6-13,15H,4-5,14H2,1-3H3,(H,23,26)/t15-/m1/s1. The molecule has 146 valence electrons. The zero-order chi connectivity index (χ0) is 20.1. The number of carbonyl (C=O) groups is 1. The number of rotatable bonds is 7. The Morgan fingerprint density at radius 2 is 1.86 bits per heavy atom. The molecule has 5 nitrogen and oxygen atoms in total. The van der Waals surface area contributed by atoms with E-state index in [1.807, 2.05) is 56.3 Å². The summed E-state index contributed by atoms with van der Waals surface area (Å²) >= 11 is 1.29. The number of benzene rings is 2. The quantitative estimate of drug-likeness (QED) is 0.467. The molecule has 0 saturated heterocycles. The smallest absolute Gasteiger partial charge is 0.262 e. The summed E-state index contributed by atoms with van der Waals surface area (Å²) in [6.45, 7) is 6.13. The summed E-state index contributed by atoms with van der Waals surface area (Å²) in [5.74, 6) is 0.0730. The van der Waals surface area contributed by atoms with E-state index in [1.54, 1.807) is 10.6 Å². The van der Waals surface area contributed by atoms with E-state index in [-0.39, 0.29) is 23.3 Å². The predicted molar refractivity (Wildman–Crippen MR) is 116 cm³/mol. The number of nitrogens with one attached hydrogen (secondary N) is 1. The molecule has 2 aromatic carbocycles. The van der Waals surface area contributed by atoms with Crippen molar-refractivity contribution in [3.8, 4) is 0 Å². The Morgan fingerprint density at radius 3 is 2.54 bits per heavy atom. The largest absolute Gasteiger partial charge is 0.325 e. The number of hydrogen-bond acceptors (Lipinski definition) is 4. The minimum Gasteiger partial charge on any atom is -0.325 e. The third-order valence-corrected chi connectivity index (χ3v) is 5.74. The van der Waals surface area contributed by atoms with Gasteiger partial charge in [0, 0.05) is 11.7 Å². The summed E-state index contributed by atoms with van der Waals surface area (Å²) in [4.78, 5) is 30.0. The molecule has 1 amide bonds. The van der Waals surface area contributed by atoms with Crippen LogP contribution in [0.25, 0.3) is 10.9 Å². The molecule has 0 aliphatic heterocycles. The van der Waals surface area contributed by atoms with E-state index >= 15 is 0 Å². The lowest BCUT2D eigenvalue weighted by atomic mass is 10.1. The maximum Gasteiger partial charge on any atom is 0.262 e. The molecule has 0 fully saturated rings. The van der Waals surface area contributed by atoms with Crippen molar-refractivity contribution in [1.29, 1.82) is 0 Å². The van der Waals surface area contributed by atoms with Gasteiger partial charge in [-0.25, -0.2) is 4.98 Å². The molecule has 0 aliphatic carbocycles. The molecule has 1 aromatic heterocycles. The molecule has 0 radical (unpaired) electrons. The van der Waals surface area contributed by atoms with Gasteiger partial charge >= 0.3 is 0 Å². The number of hydrogen-bond donors (Lipinski definition) is 1. The van der Waals surface area contributed by atoms with Gasteiger partial charge in [-0.2, -0.15) is 0 Å². The minimum absolute atomic E-state index is 0.0109. The summed E-state index contributed by atoms with van der Waals surface area (Å²) < 4.78 is 1.70. The molecule has 1 N–H and O–H groups in total. The number of carbonyl (C=O) groups excluding carboxylic acids is 1. The topological polar surface area (TPSA) is 64.0 Å². The van der Waals surface area contributed by atoms with Crippen LogP contribution in [0.4, 0.5) is 5.69 Å². The van der Waals surface area contributed by atoms with E-state index in [4.69, 9.17) is 0 Å². The van der Waals surface area contributed by atoms with Gasteiger partial charge in [-0.05, 0) is 49.6 Å². The molecule has 0 saturated carbocycles. The zero-order valence-corrected chi connectivity index (χ0v) is 17.3. The second-order valence-corrected chi connectivity index (χ2v) is 7.67. The number of anilines is 1. The molecule has 0 aliphatic rings. The lowest BCUT2D eigenvalue weighted by molar-refractivity contribution is -0.113. The van der Waals surface area contributed by atoms with Gasteiger partial charge in [-0.1, -0.05) is 49.9 Å². The molecule has 28 heavy (non-hydrogen) atoms. The molecular weight excluding hydrogens is 370 g/mol. The van der Waals surface area contributed by atoms with Crippen molar-refractivity contribution < 1.29 is 4.79 Å². The lowest BCUT2D eigenvalue weighted by Crippen LogP contribution is -2.26. The van der Waals surface area contributed by atoms with Crippen LogP contribution >= 0.6 is 11.8 Å². The molecule has 3 aromatic rings. The van der Waals surface area contributed by atoms with Gasteiger partial charge in [-0.15, -0.1) is 0 Å². The molecule has 0 spiro atoms. The Kier molecular flexibility index (Phi) is 6.52. The summed E-state index contributed by atoms with van der Waals surface area (Å²) in [7, 11) is 0. The number of aryl methyl sites for hydroxylation is 1. The highest BCUT2D eigenvalue weighted by molar-refractivity contribution is 7.99. The fraction of sp³-hybridized carbons (Fsp3) is 0.318. The van der Waals surface area contributed by atoms with Gasteiger partial charge in [0.15, 0.2) is 5.16 Å².